The number of benzene rings is 2. The molecule has 0 unspecified atom stereocenters. The topological polar surface area (TPSA) is 42.0 Å². The third-order valence-corrected chi connectivity index (χ3v) is 5.91. The van der Waals surface area contributed by atoms with Crippen LogP contribution in [0, 0.1) is 0 Å². The predicted octanol–water partition coefficient (Wildman–Crippen LogP) is 6.24. The highest BCUT2D eigenvalue weighted by Crippen LogP contribution is 2.28. The zero-order valence-electron chi connectivity index (χ0n) is 14.8. The predicted molar refractivity (Wildman–Crippen MR) is 118 cm³/mol. The maximum atomic E-state index is 12.9. The second kappa shape index (κ2) is 8.31. The molecular weight excluding hydrogens is 411 g/mol. The van der Waals surface area contributed by atoms with E-state index in [0.29, 0.717) is 28.6 Å². The van der Waals surface area contributed by atoms with Crippen LogP contribution in [0.2, 0.25) is 10.0 Å². The molecule has 2 aromatic carbocycles. The van der Waals surface area contributed by atoms with E-state index in [0.717, 1.165) is 27.0 Å². The van der Waals surface area contributed by atoms with E-state index in [1.54, 1.807) is 23.5 Å². The molecule has 4 aromatic rings. The van der Waals surface area contributed by atoms with E-state index < -0.39 is 0 Å². The number of halogens is 2. The summed E-state index contributed by atoms with van der Waals surface area (Å²) in [6.07, 6.45) is 0.628. The minimum atomic E-state index is -0.124. The number of thiophene rings is 1. The molecular formula is C22H16Cl2N2OS. The molecule has 0 aliphatic carbocycles. The largest absolute Gasteiger partial charge is 0.352 e. The summed E-state index contributed by atoms with van der Waals surface area (Å²) in [5.41, 5.74) is 3.18. The third-order valence-electron chi connectivity index (χ3n) is 4.43. The molecule has 0 atom stereocenters. The van der Waals surface area contributed by atoms with Gasteiger partial charge in [-0.2, -0.15) is 0 Å². The lowest BCUT2D eigenvalue weighted by Crippen LogP contribution is -2.26. The first-order valence-corrected chi connectivity index (χ1v) is 10.4. The summed E-state index contributed by atoms with van der Waals surface area (Å²) >= 11 is 13.8. The number of carbonyl (C=O) groups is 1. The van der Waals surface area contributed by atoms with Crippen LogP contribution in [0.15, 0.2) is 66.0 Å². The van der Waals surface area contributed by atoms with Crippen molar-refractivity contribution < 1.29 is 4.79 Å². The molecule has 1 N–H and O–H groups in total. The molecule has 3 nitrogen and oxygen atoms in total. The summed E-state index contributed by atoms with van der Waals surface area (Å²) in [5.74, 6) is -0.124. The van der Waals surface area contributed by atoms with Crippen molar-refractivity contribution in [1.82, 2.24) is 10.3 Å². The quantitative estimate of drug-likeness (QED) is 0.410. The van der Waals surface area contributed by atoms with Gasteiger partial charge in [-0.25, -0.2) is 4.98 Å². The van der Waals surface area contributed by atoms with Crippen LogP contribution in [0.5, 0.6) is 0 Å². The van der Waals surface area contributed by atoms with E-state index in [9.17, 15) is 4.79 Å². The van der Waals surface area contributed by atoms with Crippen LogP contribution in [0.1, 0.15) is 15.9 Å². The molecule has 0 saturated heterocycles. The highest BCUT2D eigenvalue weighted by molar-refractivity contribution is 7.13. The highest BCUT2D eigenvalue weighted by atomic mass is 35.5. The number of fused-ring (bicyclic) bond motifs is 1. The third kappa shape index (κ3) is 4.04. The van der Waals surface area contributed by atoms with Crippen molar-refractivity contribution in [2.45, 2.75) is 6.42 Å². The number of nitrogens with one attached hydrogen (secondary N) is 1. The van der Waals surface area contributed by atoms with Crippen molar-refractivity contribution in [3.63, 3.8) is 0 Å². The molecule has 0 saturated carbocycles. The molecule has 2 aromatic heterocycles. The smallest absolute Gasteiger partial charge is 0.252 e. The van der Waals surface area contributed by atoms with Gasteiger partial charge in [0.25, 0.3) is 5.91 Å². The van der Waals surface area contributed by atoms with Crippen molar-refractivity contribution in [1.29, 1.82) is 0 Å². The highest BCUT2D eigenvalue weighted by Gasteiger charge is 2.14. The van der Waals surface area contributed by atoms with Crippen molar-refractivity contribution in [2.24, 2.45) is 0 Å². The number of aromatic nitrogens is 1. The van der Waals surface area contributed by atoms with Gasteiger partial charge in [0.05, 0.1) is 21.7 Å². The Balaban J connectivity index is 1.58. The second-order valence-electron chi connectivity index (χ2n) is 6.29. The van der Waals surface area contributed by atoms with Gasteiger partial charge in [0.1, 0.15) is 0 Å². The Morgan fingerprint density at radius 3 is 2.68 bits per heavy atom. The minimum absolute atomic E-state index is 0.124. The molecule has 0 aliphatic rings. The molecule has 6 heteroatoms. The normalized spacial score (nSPS) is 10.9. The van der Waals surface area contributed by atoms with Crippen LogP contribution in [0.25, 0.3) is 21.5 Å². The average molecular weight is 427 g/mol. The Morgan fingerprint density at radius 1 is 1.04 bits per heavy atom. The maximum Gasteiger partial charge on any atom is 0.252 e. The Bertz CT molecular complexity index is 1140. The number of hydrogen-bond acceptors (Lipinski definition) is 3. The van der Waals surface area contributed by atoms with E-state index in [1.807, 2.05) is 53.9 Å². The summed E-state index contributed by atoms with van der Waals surface area (Å²) in [6, 6.07) is 18.9. The first kappa shape index (κ1) is 18.9. The Labute approximate surface area is 177 Å². The summed E-state index contributed by atoms with van der Waals surface area (Å²) in [7, 11) is 0. The lowest BCUT2D eigenvalue weighted by molar-refractivity contribution is 0.0956. The van der Waals surface area contributed by atoms with Crippen LogP contribution in [0.3, 0.4) is 0 Å². The number of nitrogens with zero attached hydrogens (tertiary/aromatic N) is 1. The number of hydrogen-bond donors (Lipinski definition) is 1. The molecule has 2 heterocycles. The summed E-state index contributed by atoms with van der Waals surface area (Å²) < 4.78 is 0. The number of carbonyl (C=O) groups excluding carboxylic acids is 1. The number of para-hydroxylation sites is 1. The molecule has 0 fully saturated rings. The fourth-order valence-electron chi connectivity index (χ4n) is 3.04. The zero-order chi connectivity index (χ0) is 19.5. The Kier molecular flexibility index (Phi) is 5.62. The molecule has 0 bridgehead atoms. The molecule has 0 radical (unpaired) electrons. The fourth-order valence-corrected chi connectivity index (χ4v) is 4.23. The van der Waals surface area contributed by atoms with Gasteiger partial charge in [-0.05, 0) is 47.7 Å². The van der Waals surface area contributed by atoms with E-state index in [4.69, 9.17) is 28.2 Å². The van der Waals surface area contributed by atoms with Crippen molar-refractivity contribution in [3.8, 4) is 10.6 Å². The van der Waals surface area contributed by atoms with Gasteiger partial charge < -0.3 is 5.32 Å². The maximum absolute atomic E-state index is 12.9. The van der Waals surface area contributed by atoms with Gasteiger partial charge in [0, 0.05) is 22.0 Å². The average Bonchev–Trinajstić information content (AvgIpc) is 3.23. The van der Waals surface area contributed by atoms with Gasteiger partial charge in [-0.1, -0.05) is 53.5 Å². The standard InChI is InChI=1S/C22H16Cl2N2OS/c23-15-8-7-14(18(24)12-15)9-10-25-22(27)17-13-20(21-6-3-11-28-21)26-19-5-2-1-4-16(17)19/h1-8,11-13H,9-10H2,(H,25,27). The van der Waals surface area contributed by atoms with Gasteiger partial charge in [-0.15, -0.1) is 11.3 Å². The van der Waals surface area contributed by atoms with Crippen LogP contribution in [0.4, 0.5) is 0 Å². The SMILES string of the molecule is O=C(NCCc1ccc(Cl)cc1Cl)c1cc(-c2cccs2)nc2ccccc12. The van der Waals surface area contributed by atoms with Crippen molar-refractivity contribution >= 4 is 51.3 Å². The van der Waals surface area contributed by atoms with Gasteiger partial charge in [0.15, 0.2) is 0 Å². The van der Waals surface area contributed by atoms with E-state index >= 15 is 0 Å². The van der Waals surface area contributed by atoms with Crippen LogP contribution in [-0.2, 0) is 6.42 Å². The zero-order valence-corrected chi connectivity index (χ0v) is 17.1. The van der Waals surface area contributed by atoms with Crippen molar-refractivity contribution in [2.75, 3.05) is 6.54 Å². The molecule has 0 aliphatic heterocycles. The van der Waals surface area contributed by atoms with Gasteiger partial charge >= 0.3 is 0 Å². The minimum Gasteiger partial charge on any atom is -0.352 e. The van der Waals surface area contributed by atoms with Gasteiger partial charge in [0.2, 0.25) is 0 Å². The second-order valence-corrected chi connectivity index (χ2v) is 8.08. The molecule has 4 rings (SSSR count). The van der Waals surface area contributed by atoms with Crippen molar-refractivity contribution in [3.05, 3.63) is 87.2 Å². The van der Waals surface area contributed by atoms with Crippen LogP contribution >= 0.6 is 34.5 Å². The van der Waals surface area contributed by atoms with E-state index in [-0.39, 0.29) is 5.91 Å². The first-order valence-electron chi connectivity index (χ1n) is 8.77. The number of amides is 1. The molecule has 1 amide bonds. The number of pyridine rings is 1. The summed E-state index contributed by atoms with van der Waals surface area (Å²) in [6.45, 7) is 0.477. The molecule has 0 spiro atoms. The lowest BCUT2D eigenvalue weighted by atomic mass is 10.1. The molecule has 140 valence electrons. The van der Waals surface area contributed by atoms with Gasteiger partial charge in [-0.3, -0.25) is 4.79 Å². The summed E-state index contributed by atoms with van der Waals surface area (Å²) in [4.78, 5) is 18.7. The lowest BCUT2D eigenvalue weighted by Gasteiger charge is -2.10. The van der Waals surface area contributed by atoms with Crippen LogP contribution in [-0.4, -0.2) is 17.4 Å². The van der Waals surface area contributed by atoms with E-state index in [2.05, 4.69) is 5.32 Å². The Hall–Kier alpha value is -2.40. The monoisotopic (exact) mass is 426 g/mol. The van der Waals surface area contributed by atoms with Crippen LogP contribution < -0.4 is 5.32 Å². The first-order chi connectivity index (χ1) is 13.6. The van der Waals surface area contributed by atoms with E-state index in [1.165, 1.54) is 0 Å². The molecule has 28 heavy (non-hydrogen) atoms. The number of rotatable bonds is 5. The fraction of sp³-hybridized carbons (Fsp3) is 0.0909. The Morgan fingerprint density at radius 2 is 1.89 bits per heavy atom. The summed E-state index contributed by atoms with van der Waals surface area (Å²) in [5, 5.41) is 7.05.